The molecule has 3 unspecified atom stereocenters. The zero-order valence-electron chi connectivity index (χ0n) is 12.7. The number of carboxylic acids is 1. The van der Waals surface area contributed by atoms with Crippen LogP contribution in [0.1, 0.15) is 44.6 Å². The standard InChI is InChI=1S/C17H23NO3/c1-3-12(2)15(13-8-5-4-6-9-13)16(19)18-11-7-10-14(18)17(20)21/h4-6,8-9,12,14-15H,3,7,10-11H2,1-2H3,(H,20,21). The van der Waals surface area contributed by atoms with Gasteiger partial charge in [0.25, 0.3) is 0 Å². The largest absolute Gasteiger partial charge is 0.480 e. The number of nitrogens with zero attached hydrogens (tertiary/aromatic N) is 1. The van der Waals surface area contributed by atoms with E-state index in [-0.39, 0.29) is 17.7 Å². The number of amides is 1. The number of hydrogen-bond acceptors (Lipinski definition) is 2. The highest BCUT2D eigenvalue weighted by Gasteiger charge is 2.38. The minimum absolute atomic E-state index is 0.0412. The Labute approximate surface area is 125 Å². The molecule has 2 rings (SSSR count). The van der Waals surface area contributed by atoms with Gasteiger partial charge in [0.05, 0.1) is 5.92 Å². The Balaban J connectivity index is 2.29. The molecule has 0 radical (unpaired) electrons. The van der Waals surface area contributed by atoms with Crippen molar-refractivity contribution in [3.63, 3.8) is 0 Å². The topological polar surface area (TPSA) is 57.6 Å². The van der Waals surface area contributed by atoms with Crippen LogP contribution in [0.5, 0.6) is 0 Å². The maximum absolute atomic E-state index is 12.9. The SMILES string of the molecule is CCC(C)C(C(=O)N1CCCC1C(=O)O)c1ccccc1. The molecule has 0 spiro atoms. The first kappa shape index (κ1) is 15.5. The van der Waals surface area contributed by atoms with E-state index in [9.17, 15) is 14.7 Å². The van der Waals surface area contributed by atoms with Gasteiger partial charge in [-0.25, -0.2) is 4.79 Å². The molecule has 1 N–H and O–H groups in total. The summed E-state index contributed by atoms with van der Waals surface area (Å²) in [7, 11) is 0. The lowest BCUT2D eigenvalue weighted by Gasteiger charge is -2.30. The van der Waals surface area contributed by atoms with Gasteiger partial charge in [-0.15, -0.1) is 0 Å². The highest BCUT2D eigenvalue weighted by atomic mass is 16.4. The summed E-state index contributed by atoms with van der Waals surface area (Å²) in [6.45, 7) is 4.67. The highest BCUT2D eigenvalue weighted by molar-refractivity contribution is 5.89. The van der Waals surface area contributed by atoms with Crippen LogP contribution in [0.2, 0.25) is 0 Å². The number of carbonyl (C=O) groups is 2. The molecule has 1 saturated heterocycles. The van der Waals surface area contributed by atoms with Crippen molar-refractivity contribution in [3.8, 4) is 0 Å². The molecule has 1 amide bonds. The number of benzene rings is 1. The van der Waals surface area contributed by atoms with E-state index in [1.165, 1.54) is 0 Å². The molecular weight excluding hydrogens is 266 g/mol. The van der Waals surface area contributed by atoms with E-state index in [2.05, 4.69) is 13.8 Å². The molecule has 1 fully saturated rings. The molecule has 1 aromatic carbocycles. The molecule has 21 heavy (non-hydrogen) atoms. The smallest absolute Gasteiger partial charge is 0.326 e. The Kier molecular flexibility index (Phi) is 4.99. The summed E-state index contributed by atoms with van der Waals surface area (Å²) in [6.07, 6.45) is 2.21. The van der Waals surface area contributed by atoms with Crippen molar-refractivity contribution in [1.82, 2.24) is 4.90 Å². The zero-order valence-corrected chi connectivity index (χ0v) is 12.7. The molecule has 0 bridgehead atoms. The average Bonchev–Trinajstić information content (AvgIpc) is 2.98. The van der Waals surface area contributed by atoms with Crippen LogP contribution >= 0.6 is 0 Å². The minimum Gasteiger partial charge on any atom is -0.480 e. The molecule has 114 valence electrons. The van der Waals surface area contributed by atoms with Gasteiger partial charge in [-0.2, -0.15) is 0 Å². The third kappa shape index (κ3) is 3.26. The Morgan fingerprint density at radius 2 is 2.00 bits per heavy atom. The fraction of sp³-hybridized carbons (Fsp3) is 0.529. The lowest BCUT2D eigenvalue weighted by Crippen LogP contribution is -2.44. The average molecular weight is 289 g/mol. The van der Waals surface area contributed by atoms with Crippen LogP contribution < -0.4 is 0 Å². The van der Waals surface area contributed by atoms with Gasteiger partial charge in [0.15, 0.2) is 0 Å². The van der Waals surface area contributed by atoms with Crippen LogP contribution in [0, 0.1) is 5.92 Å². The van der Waals surface area contributed by atoms with Gasteiger partial charge in [-0.3, -0.25) is 4.79 Å². The van der Waals surface area contributed by atoms with Gasteiger partial charge in [-0.1, -0.05) is 50.6 Å². The molecule has 0 aromatic heterocycles. The molecule has 1 aliphatic heterocycles. The predicted molar refractivity (Wildman–Crippen MR) is 81.0 cm³/mol. The lowest BCUT2D eigenvalue weighted by molar-refractivity contribution is -0.149. The van der Waals surface area contributed by atoms with E-state index in [4.69, 9.17) is 0 Å². The Morgan fingerprint density at radius 3 is 2.57 bits per heavy atom. The molecule has 3 atom stereocenters. The van der Waals surface area contributed by atoms with E-state index in [1.54, 1.807) is 4.90 Å². The van der Waals surface area contributed by atoms with Crippen molar-refractivity contribution in [1.29, 1.82) is 0 Å². The van der Waals surface area contributed by atoms with Crippen LogP contribution in [0.15, 0.2) is 30.3 Å². The van der Waals surface area contributed by atoms with Gasteiger partial charge in [0.1, 0.15) is 6.04 Å². The Bertz CT molecular complexity index is 500. The van der Waals surface area contributed by atoms with Crippen LogP contribution in [0.4, 0.5) is 0 Å². The van der Waals surface area contributed by atoms with Gasteiger partial charge >= 0.3 is 5.97 Å². The van der Waals surface area contributed by atoms with Crippen molar-refractivity contribution < 1.29 is 14.7 Å². The molecule has 1 aliphatic rings. The minimum atomic E-state index is -0.892. The summed E-state index contributed by atoms with van der Waals surface area (Å²) in [6, 6.07) is 9.04. The molecule has 0 saturated carbocycles. The van der Waals surface area contributed by atoms with Gasteiger partial charge in [0.2, 0.25) is 5.91 Å². The number of rotatable bonds is 5. The van der Waals surface area contributed by atoms with Crippen LogP contribution in [0.3, 0.4) is 0 Å². The summed E-state index contributed by atoms with van der Waals surface area (Å²) < 4.78 is 0. The second-order valence-electron chi connectivity index (χ2n) is 5.80. The van der Waals surface area contributed by atoms with Gasteiger partial charge < -0.3 is 10.0 Å². The quantitative estimate of drug-likeness (QED) is 0.906. The van der Waals surface area contributed by atoms with Gasteiger partial charge in [-0.05, 0) is 24.3 Å². The van der Waals surface area contributed by atoms with E-state index in [1.807, 2.05) is 30.3 Å². The monoisotopic (exact) mass is 289 g/mol. The molecule has 4 nitrogen and oxygen atoms in total. The zero-order chi connectivity index (χ0) is 15.4. The van der Waals surface area contributed by atoms with E-state index in [0.717, 1.165) is 18.4 Å². The van der Waals surface area contributed by atoms with Crippen LogP contribution in [-0.2, 0) is 9.59 Å². The van der Waals surface area contributed by atoms with Crippen molar-refractivity contribution in [2.75, 3.05) is 6.54 Å². The first-order valence-electron chi connectivity index (χ1n) is 7.64. The van der Waals surface area contributed by atoms with Crippen LogP contribution in [-0.4, -0.2) is 34.5 Å². The number of likely N-dealkylation sites (tertiary alicyclic amines) is 1. The molecule has 0 aliphatic carbocycles. The number of aliphatic carboxylic acids is 1. The summed E-state index contributed by atoms with van der Waals surface area (Å²) >= 11 is 0. The van der Waals surface area contributed by atoms with Crippen molar-refractivity contribution in [2.45, 2.75) is 45.1 Å². The predicted octanol–water partition coefficient (Wildman–Crippen LogP) is 2.89. The molecule has 1 heterocycles. The summed E-state index contributed by atoms with van der Waals surface area (Å²) in [5, 5.41) is 9.29. The fourth-order valence-corrected chi connectivity index (χ4v) is 3.08. The lowest BCUT2D eigenvalue weighted by atomic mass is 9.84. The number of carboxylic acid groups (broad SMARTS) is 1. The third-order valence-corrected chi connectivity index (χ3v) is 4.46. The first-order chi connectivity index (χ1) is 10.1. The van der Waals surface area contributed by atoms with Crippen molar-refractivity contribution in [2.24, 2.45) is 5.92 Å². The van der Waals surface area contributed by atoms with Crippen molar-refractivity contribution in [3.05, 3.63) is 35.9 Å². The summed E-state index contributed by atoms with van der Waals surface area (Å²) in [5.41, 5.74) is 0.980. The maximum atomic E-state index is 12.9. The van der Waals surface area contributed by atoms with E-state index in [0.29, 0.717) is 13.0 Å². The second kappa shape index (κ2) is 6.74. The fourth-order valence-electron chi connectivity index (χ4n) is 3.08. The normalized spacial score (nSPS) is 21.0. The summed E-state index contributed by atoms with van der Waals surface area (Å²) in [5.74, 6) is -0.997. The van der Waals surface area contributed by atoms with Crippen LogP contribution in [0.25, 0.3) is 0 Å². The molecule has 4 heteroatoms. The first-order valence-corrected chi connectivity index (χ1v) is 7.64. The molecular formula is C17H23NO3. The number of hydrogen-bond donors (Lipinski definition) is 1. The van der Waals surface area contributed by atoms with E-state index < -0.39 is 12.0 Å². The molecule has 1 aromatic rings. The maximum Gasteiger partial charge on any atom is 0.326 e. The highest BCUT2D eigenvalue weighted by Crippen LogP contribution is 2.31. The Hall–Kier alpha value is -1.84. The number of carbonyl (C=O) groups excluding carboxylic acids is 1. The second-order valence-corrected chi connectivity index (χ2v) is 5.80. The van der Waals surface area contributed by atoms with Crippen molar-refractivity contribution >= 4 is 11.9 Å². The van der Waals surface area contributed by atoms with E-state index >= 15 is 0 Å². The Morgan fingerprint density at radius 1 is 1.33 bits per heavy atom. The summed E-state index contributed by atoms with van der Waals surface area (Å²) in [4.78, 5) is 25.8. The third-order valence-electron chi connectivity index (χ3n) is 4.46. The van der Waals surface area contributed by atoms with Gasteiger partial charge in [0, 0.05) is 6.54 Å².